The van der Waals surface area contributed by atoms with Crippen LogP contribution in [0.15, 0.2) is 0 Å². The standard InChI is InChI=1S/C14H25NO3/c1-10(2)15(11(3)16)14(12(17)18)9-7-6-8-13(14,4)5/h10H,6-9H2,1-5H3,(H,17,18). The zero-order chi connectivity index (χ0) is 14.1. The molecule has 18 heavy (non-hydrogen) atoms. The Morgan fingerprint density at radius 2 is 1.67 bits per heavy atom. The lowest BCUT2D eigenvalue weighted by Crippen LogP contribution is -2.67. The van der Waals surface area contributed by atoms with E-state index in [2.05, 4.69) is 0 Å². The lowest BCUT2D eigenvalue weighted by molar-refractivity contribution is -0.176. The molecule has 0 aromatic rings. The van der Waals surface area contributed by atoms with Crippen molar-refractivity contribution in [2.75, 3.05) is 0 Å². The first-order valence-electron chi connectivity index (χ1n) is 6.70. The summed E-state index contributed by atoms with van der Waals surface area (Å²) in [6.45, 7) is 9.18. The van der Waals surface area contributed by atoms with E-state index in [1.807, 2.05) is 27.7 Å². The average Bonchev–Trinajstić information content (AvgIpc) is 2.19. The van der Waals surface area contributed by atoms with Gasteiger partial charge in [0.2, 0.25) is 5.91 Å². The van der Waals surface area contributed by atoms with Crippen molar-refractivity contribution in [3.05, 3.63) is 0 Å². The van der Waals surface area contributed by atoms with E-state index in [0.717, 1.165) is 19.3 Å². The Labute approximate surface area is 109 Å². The van der Waals surface area contributed by atoms with Crippen LogP contribution in [-0.2, 0) is 9.59 Å². The van der Waals surface area contributed by atoms with Gasteiger partial charge in [0.25, 0.3) is 0 Å². The van der Waals surface area contributed by atoms with Crippen LogP contribution in [-0.4, -0.2) is 33.5 Å². The molecule has 1 saturated carbocycles. The normalized spacial score (nSPS) is 27.0. The molecule has 0 aromatic heterocycles. The van der Waals surface area contributed by atoms with Crippen molar-refractivity contribution < 1.29 is 14.7 Å². The van der Waals surface area contributed by atoms with E-state index in [1.165, 1.54) is 6.92 Å². The second-order valence-electron chi connectivity index (χ2n) is 6.24. The number of carboxylic acids is 1. The summed E-state index contributed by atoms with van der Waals surface area (Å²) in [4.78, 5) is 25.5. The van der Waals surface area contributed by atoms with Gasteiger partial charge in [0, 0.05) is 13.0 Å². The van der Waals surface area contributed by atoms with Crippen LogP contribution in [0.2, 0.25) is 0 Å². The summed E-state index contributed by atoms with van der Waals surface area (Å²) in [6, 6.07) is -0.101. The summed E-state index contributed by atoms with van der Waals surface area (Å²) in [5.74, 6) is -1.02. The van der Waals surface area contributed by atoms with Crippen LogP contribution in [0.1, 0.15) is 60.3 Å². The Hall–Kier alpha value is -1.06. The van der Waals surface area contributed by atoms with E-state index in [4.69, 9.17) is 0 Å². The van der Waals surface area contributed by atoms with E-state index >= 15 is 0 Å². The largest absolute Gasteiger partial charge is 0.479 e. The lowest BCUT2D eigenvalue weighted by atomic mass is 9.61. The van der Waals surface area contributed by atoms with Crippen LogP contribution >= 0.6 is 0 Å². The molecule has 1 unspecified atom stereocenters. The SMILES string of the molecule is CC(=O)N(C(C)C)C1(C(=O)O)CCCCC1(C)C. The molecule has 0 heterocycles. The molecule has 0 aliphatic heterocycles. The number of hydrogen-bond donors (Lipinski definition) is 1. The first-order valence-corrected chi connectivity index (χ1v) is 6.70. The van der Waals surface area contributed by atoms with Gasteiger partial charge in [-0.2, -0.15) is 0 Å². The third-order valence-corrected chi connectivity index (χ3v) is 4.33. The van der Waals surface area contributed by atoms with Crippen LogP contribution in [0.3, 0.4) is 0 Å². The van der Waals surface area contributed by atoms with Gasteiger partial charge in [-0.3, -0.25) is 4.79 Å². The van der Waals surface area contributed by atoms with Gasteiger partial charge in [-0.1, -0.05) is 26.7 Å². The van der Waals surface area contributed by atoms with E-state index in [-0.39, 0.29) is 11.9 Å². The first kappa shape index (κ1) is 15.0. The monoisotopic (exact) mass is 255 g/mol. The third kappa shape index (κ3) is 2.13. The predicted molar refractivity (Wildman–Crippen MR) is 70.3 cm³/mol. The van der Waals surface area contributed by atoms with Gasteiger partial charge in [0.05, 0.1) is 0 Å². The number of carbonyl (C=O) groups is 2. The van der Waals surface area contributed by atoms with E-state index < -0.39 is 16.9 Å². The van der Waals surface area contributed by atoms with Crippen molar-refractivity contribution in [1.82, 2.24) is 4.90 Å². The Morgan fingerprint density at radius 1 is 1.17 bits per heavy atom. The fourth-order valence-corrected chi connectivity index (χ4v) is 3.51. The van der Waals surface area contributed by atoms with Gasteiger partial charge < -0.3 is 10.0 Å². The van der Waals surface area contributed by atoms with E-state index in [1.54, 1.807) is 4.90 Å². The summed E-state index contributed by atoms with van der Waals surface area (Å²) in [5, 5.41) is 9.80. The van der Waals surface area contributed by atoms with Gasteiger partial charge in [0.1, 0.15) is 5.54 Å². The Kier molecular flexibility index (Phi) is 4.08. The van der Waals surface area contributed by atoms with E-state index in [0.29, 0.717) is 6.42 Å². The first-order chi connectivity index (χ1) is 8.17. The molecule has 0 radical (unpaired) electrons. The lowest BCUT2D eigenvalue weighted by Gasteiger charge is -2.54. The number of aliphatic carboxylic acids is 1. The number of carboxylic acid groups (broad SMARTS) is 1. The highest BCUT2D eigenvalue weighted by Crippen LogP contribution is 2.48. The summed E-state index contributed by atoms with van der Waals surface area (Å²) in [5.41, 5.74) is -1.46. The topological polar surface area (TPSA) is 57.6 Å². The van der Waals surface area contributed by atoms with Gasteiger partial charge in [0.15, 0.2) is 0 Å². The average molecular weight is 255 g/mol. The highest BCUT2D eigenvalue weighted by Gasteiger charge is 2.57. The molecule has 1 rings (SSSR count). The minimum Gasteiger partial charge on any atom is -0.479 e. The molecular weight excluding hydrogens is 230 g/mol. The molecule has 4 heteroatoms. The van der Waals surface area contributed by atoms with Crippen molar-refractivity contribution in [3.8, 4) is 0 Å². The molecule has 4 nitrogen and oxygen atoms in total. The summed E-state index contributed by atoms with van der Waals surface area (Å²) >= 11 is 0. The Bertz CT molecular complexity index is 349. The van der Waals surface area contributed by atoms with Gasteiger partial charge >= 0.3 is 5.97 Å². The fourth-order valence-electron chi connectivity index (χ4n) is 3.51. The molecule has 0 saturated heterocycles. The summed E-state index contributed by atoms with van der Waals surface area (Å²) in [7, 11) is 0. The number of amides is 1. The van der Waals surface area contributed by atoms with Gasteiger partial charge in [-0.05, 0) is 32.1 Å². The molecule has 0 spiro atoms. The Balaban J connectivity index is 3.37. The molecule has 1 aliphatic carbocycles. The molecule has 0 bridgehead atoms. The molecule has 1 N–H and O–H groups in total. The van der Waals surface area contributed by atoms with Crippen molar-refractivity contribution in [2.24, 2.45) is 5.41 Å². The number of rotatable bonds is 3. The number of nitrogens with zero attached hydrogens (tertiary/aromatic N) is 1. The predicted octanol–water partition coefficient (Wildman–Crippen LogP) is 2.67. The molecule has 1 amide bonds. The van der Waals surface area contributed by atoms with Crippen LogP contribution in [0.5, 0.6) is 0 Å². The van der Waals surface area contributed by atoms with Gasteiger partial charge in [-0.25, -0.2) is 4.79 Å². The van der Waals surface area contributed by atoms with Crippen LogP contribution in [0.25, 0.3) is 0 Å². The molecule has 104 valence electrons. The second kappa shape index (κ2) is 4.90. The van der Waals surface area contributed by atoms with Crippen molar-refractivity contribution >= 4 is 11.9 Å². The maximum atomic E-state index is 11.9. The summed E-state index contributed by atoms with van der Waals surface area (Å²) < 4.78 is 0. The second-order valence-corrected chi connectivity index (χ2v) is 6.24. The number of carbonyl (C=O) groups excluding carboxylic acids is 1. The fraction of sp³-hybridized carbons (Fsp3) is 0.857. The van der Waals surface area contributed by atoms with E-state index in [9.17, 15) is 14.7 Å². The summed E-state index contributed by atoms with van der Waals surface area (Å²) in [6.07, 6.45) is 3.29. The van der Waals surface area contributed by atoms with Gasteiger partial charge in [-0.15, -0.1) is 0 Å². The quantitative estimate of drug-likeness (QED) is 0.843. The maximum Gasteiger partial charge on any atom is 0.330 e. The molecular formula is C14H25NO3. The minimum atomic E-state index is -1.06. The van der Waals surface area contributed by atoms with Crippen molar-refractivity contribution in [2.45, 2.75) is 71.9 Å². The maximum absolute atomic E-state index is 11.9. The highest BCUT2D eigenvalue weighted by atomic mass is 16.4. The highest BCUT2D eigenvalue weighted by molar-refractivity contribution is 5.87. The molecule has 1 aliphatic rings. The van der Waals surface area contributed by atoms with Crippen LogP contribution in [0.4, 0.5) is 0 Å². The Morgan fingerprint density at radius 3 is 2.00 bits per heavy atom. The third-order valence-electron chi connectivity index (χ3n) is 4.33. The molecule has 1 fully saturated rings. The van der Waals surface area contributed by atoms with Crippen molar-refractivity contribution in [1.29, 1.82) is 0 Å². The zero-order valence-electron chi connectivity index (χ0n) is 12.1. The molecule has 1 atom stereocenters. The minimum absolute atomic E-state index is 0.101. The smallest absolute Gasteiger partial charge is 0.330 e. The van der Waals surface area contributed by atoms with Crippen LogP contribution in [0, 0.1) is 5.41 Å². The van der Waals surface area contributed by atoms with Crippen LogP contribution < -0.4 is 0 Å². The van der Waals surface area contributed by atoms with Crippen molar-refractivity contribution in [3.63, 3.8) is 0 Å². The number of hydrogen-bond acceptors (Lipinski definition) is 2. The zero-order valence-corrected chi connectivity index (χ0v) is 12.1. The molecule has 0 aromatic carbocycles.